The summed E-state index contributed by atoms with van der Waals surface area (Å²) >= 11 is 2.24. The van der Waals surface area contributed by atoms with Gasteiger partial charge >= 0.3 is 6.09 Å². The number of rotatable bonds is 2. The molecule has 1 aliphatic rings. The molecule has 6 heteroatoms. The quantitative estimate of drug-likeness (QED) is 0.807. The van der Waals surface area contributed by atoms with Gasteiger partial charge < -0.3 is 14.7 Å². The van der Waals surface area contributed by atoms with Crippen molar-refractivity contribution in [1.82, 2.24) is 9.88 Å². The number of aromatic nitrogens is 1. The Bertz CT molecular complexity index is 481. The van der Waals surface area contributed by atoms with Crippen LogP contribution in [0.15, 0.2) is 12.3 Å². The first kappa shape index (κ1) is 14.4. The Labute approximate surface area is 126 Å². The van der Waals surface area contributed by atoms with Crippen LogP contribution in [-0.2, 0) is 0 Å². The zero-order valence-corrected chi connectivity index (χ0v) is 13.1. The van der Waals surface area contributed by atoms with E-state index in [1.807, 2.05) is 19.9 Å². The van der Waals surface area contributed by atoms with Gasteiger partial charge in [-0.2, -0.15) is 0 Å². The predicted molar refractivity (Wildman–Crippen MR) is 79.5 cm³/mol. The first-order valence-corrected chi connectivity index (χ1v) is 7.34. The van der Waals surface area contributed by atoms with Crippen molar-refractivity contribution in [2.24, 2.45) is 0 Å². The smallest absolute Gasteiger partial charge is 0.407 e. The van der Waals surface area contributed by atoms with Crippen LogP contribution in [0, 0.1) is 10.5 Å². The van der Waals surface area contributed by atoms with E-state index in [4.69, 9.17) is 9.84 Å². The number of nitrogens with zero attached hydrogens (tertiary/aromatic N) is 2. The summed E-state index contributed by atoms with van der Waals surface area (Å²) in [5.74, 6) is 0.608. The molecular weight excluding hydrogens is 359 g/mol. The Kier molecular flexibility index (Phi) is 4.49. The van der Waals surface area contributed by atoms with E-state index >= 15 is 0 Å². The van der Waals surface area contributed by atoms with E-state index in [0.717, 1.165) is 22.0 Å². The van der Waals surface area contributed by atoms with Crippen molar-refractivity contribution in [1.29, 1.82) is 0 Å². The Morgan fingerprint density at radius 2 is 2.32 bits per heavy atom. The van der Waals surface area contributed by atoms with Crippen LogP contribution in [0.2, 0.25) is 0 Å². The minimum absolute atomic E-state index is 0.0577. The van der Waals surface area contributed by atoms with Crippen LogP contribution in [0.4, 0.5) is 4.79 Å². The third kappa shape index (κ3) is 3.29. The van der Waals surface area contributed by atoms with Crippen molar-refractivity contribution in [2.75, 3.05) is 6.54 Å². The van der Waals surface area contributed by atoms with Crippen LogP contribution in [0.5, 0.6) is 5.88 Å². The van der Waals surface area contributed by atoms with Gasteiger partial charge in [0.05, 0.1) is 6.54 Å². The van der Waals surface area contributed by atoms with Crippen LogP contribution in [0.1, 0.15) is 25.3 Å². The Hall–Kier alpha value is -1.05. The molecule has 0 spiro atoms. The molecule has 0 bridgehead atoms. The highest BCUT2D eigenvalue weighted by molar-refractivity contribution is 14.1. The third-order valence-electron chi connectivity index (χ3n) is 3.45. The Morgan fingerprint density at radius 3 is 3.00 bits per heavy atom. The molecule has 2 heterocycles. The fourth-order valence-electron chi connectivity index (χ4n) is 2.21. The molecule has 2 rings (SSSR count). The highest BCUT2D eigenvalue weighted by Crippen LogP contribution is 2.25. The van der Waals surface area contributed by atoms with Crippen LogP contribution in [-0.4, -0.2) is 39.8 Å². The van der Waals surface area contributed by atoms with E-state index < -0.39 is 6.09 Å². The monoisotopic (exact) mass is 376 g/mol. The molecular formula is C13H17IN2O3. The summed E-state index contributed by atoms with van der Waals surface area (Å²) < 4.78 is 6.97. The molecule has 1 amide bonds. The standard InChI is InChI=1S/C13H17IN2O3/c1-8-3-4-10(7-16(8)13(17)18)19-12-9(2)11(14)5-6-15-12/h5-6,8,10H,3-4,7H2,1-2H3,(H,17,18)/t8-,10-/m1/s1. The van der Waals surface area contributed by atoms with Gasteiger partial charge in [-0.15, -0.1) is 0 Å². The SMILES string of the molecule is Cc1c(I)ccnc1O[C@@H]1CC[C@@H](C)N(C(=O)O)C1. The van der Waals surface area contributed by atoms with Crippen molar-refractivity contribution in [2.45, 2.75) is 38.8 Å². The van der Waals surface area contributed by atoms with Gasteiger partial charge in [-0.1, -0.05) is 0 Å². The molecule has 0 unspecified atom stereocenters. The van der Waals surface area contributed by atoms with Gasteiger partial charge in [-0.25, -0.2) is 9.78 Å². The van der Waals surface area contributed by atoms with E-state index in [-0.39, 0.29) is 12.1 Å². The van der Waals surface area contributed by atoms with Gasteiger partial charge in [0.25, 0.3) is 0 Å². The van der Waals surface area contributed by atoms with Crippen molar-refractivity contribution in [3.63, 3.8) is 0 Å². The summed E-state index contributed by atoms with van der Waals surface area (Å²) in [6.45, 7) is 4.30. The van der Waals surface area contributed by atoms with E-state index in [1.54, 1.807) is 6.20 Å². The second-order valence-electron chi connectivity index (χ2n) is 4.82. The number of carbonyl (C=O) groups is 1. The highest BCUT2D eigenvalue weighted by atomic mass is 127. The highest BCUT2D eigenvalue weighted by Gasteiger charge is 2.30. The Morgan fingerprint density at radius 1 is 1.58 bits per heavy atom. The number of hydrogen-bond acceptors (Lipinski definition) is 3. The molecule has 0 saturated carbocycles. The maximum atomic E-state index is 11.1. The van der Waals surface area contributed by atoms with Crippen LogP contribution in [0.3, 0.4) is 0 Å². The number of pyridine rings is 1. The van der Waals surface area contributed by atoms with Crippen LogP contribution in [0.25, 0.3) is 0 Å². The maximum Gasteiger partial charge on any atom is 0.407 e. The van der Waals surface area contributed by atoms with Crippen LogP contribution >= 0.6 is 22.6 Å². The number of likely N-dealkylation sites (tertiary alicyclic amines) is 1. The number of halogens is 1. The van der Waals surface area contributed by atoms with Crippen molar-refractivity contribution >= 4 is 28.7 Å². The van der Waals surface area contributed by atoms with Crippen molar-refractivity contribution in [3.05, 3.63) is 21.4 Å². The zero-order chi connectivity index (χ0) is 14.0. The second-order valence-corrected chi connectivity index (χ2v) is 5.99. The average Bonchev–Trinajstić information content (AvgIpc) is 2.37. The van der Waals surface area contributed by atoms with E-state index in [0.29, 0.717) is 12.4 Å². The third-order valence-corrected chi connectivity index (χ3v) is 4.62. The first-order valence-electron chi connectivity index (χ1n) is 6.26. The van der Waals surface area contributed by atoms with E-state index in [1.165, 1.54) is 4.90 Å². The van der Waals surface area contributed by atoms with Gasteiger partial charge in [-0.05, 0) is 55.3 Å². The Balaban J connectivity index is 2.07. The molecule has 1 saturated heterocycles. The lowest BCUT2D eigenvalue weighted by atomic mass is 10.0. The largest absolute Gasteiger partial charge is 0.472 e. The average molecular weight is 376 g/mol. The minimum atomic E-state index is -0.881. The molecule has 19 heavy (non-hydrogen) atoms. The maximum absolute atomic E-state index is 11.1. The van der Waals surface area contributed by atoms with Gasteiger partial charge in [0.2, 0.25) is 5.88 Å². The summed E-state index contributed by atoms with van der Waals surface area (Å²) in [4.78, 5) is 16.8. The summed E-state index contributed by atoms with van der Waals surface area (Å²) in [6.07, 6.45) is 2.40. The van der Waals surface area contributed by atoms with Crippen molar-refractivity contribution in [3.8, 4) is 5.88 Å². The molecule has 0 aliphatic carbocycles. The molecule has 1 N–H and O–H groups in total. The summed E-state index contributed by atoms with van der Waals surface area (Å²) in [5.41, 5.74) is 1.00. The molecule has 1 aromatic heterocycles. The normalized spacial score (nSPS) is 23.2. The topological polar surface area (TPSA) is 62.7 Å². The summed E-state index contributed by atoms with van der Waals surface area (Å²) in [6, 6.07) is 1.98. The number of carboxylic acid groups (broad SMARTS) is 1. The lowest BCUT2D eigenvalue weighted by Gasteiger charge is -2.35. The molecule has 1 aromatic rings. The summed E-state index contributed by atoms with van der Waals surface area (Å²) in [7, 11) is 0. The number of hydrogen-bond donors (Lipinski definition) is 1. The summed E-state index contributed by atoms with van der Waals surface area (Å²) in [5, 5.41) is 9.14. The fourth-order valence-corrected chi connectivity index (χ4v) is 2.60. The number of ether oxygens (including phenoxy) is 1. The zero-order valence-electron chi connectivity index (χ0n) is 11.0. The molecule has 2 atom stereocenters. The van der Waals surface area contributed by atoms with Gasteiger partial charge in [0.1, 0.15) is 6.10 Å². The van der Waals surface area contributed by atoms with Gasteiger partial charge in [0.15, 0.2) is 0 Å². The van der Waals surface area contributed by atoms with Gasteiger partial charge in [0, 0.05) is 21.4 Å². The molecule has 104 valence electrons. The molecule has 0 aromatic carbocycles. The lowest BCUT2D eigenvalue weighted by Crippen LogP contribution is -2.48. The molecule has 1 aliphatic heterocycles. The molecule has 1 fully saturated rings. The first-order chi connectivity index (χ1) is 8.99. The number of amides is 1. The van der Waals surface area contributed by atoms with Crippen molar-refractivity contribution < 1.29 is 14.6 Å². The van der Waals surface area contributed by atoms with E-state index in [2.05, 4.69) is 27.6 Å². The fraction of sp³-hybridized carbons (Fsp3) is 0.538. The predicted octanol–water partition coefficient (Wildman–Crippen LogP) is 2.90. The number of piperidine rings is 1. The molecule has 5 nitrogen and oxygen atoms in total. The lowest BCUT2D eigenvalue weighted by molar-refractivity contribution is 0.0516. The van der Waals surface area contributed by atoms with Gasteiger partial charge in [-0.3, -0.25) is 0 Å². The van der Waals surface area contributed by atoms with E-state index in [9.17, 15) is 4.79 Å². The minimum Gasteiger partial charge on any atom is -0.472 e. The van der Waals surface area contributed by atoms with Crippen LogP contribution < -0.4 is 4.74 Å². The molecule has 0 radical (unpaired) electrons. The second kappa shape index (κ2) is 5.94.